The summed E-state index contributed by atoms with van der Waals surface area (Å²) in [5, 5.41) is 5.76. The molecule has 2 amide bonds. The lowest BCUT2D eigenvalue weighted by molar-refractivity contribution is -0.117. The van der Waals surface area contributed by atoms with Gasteiger partial charge < -0.3 is 21.4 Å². The number of anilines is 2. The Morgan fingerprint density at radius 2 is 1.91 bits per heavy atom. The van der Waals surface area contributed by atoms with E-state index in [1.807, 2.05) is 6.07 Å². The molecule has 0 aliphatic carbocycles. The third kappa shape index (κ3) is 3.97. The smallest absolute Gasteiger partial charge is 0.253 e. The average molecular weight is 433 g/mol. The Kier molecular flexibility index (Phi) is 5.75. The van der Waals surface area contributed by atoms with Crippen molar-refractivity contribution in [2.75, 3.05) is 10.6 Å². The van der Waals surface area contributed by atoms with Gasteiger partial charge in [-0.15, -0.1) is 0 Å². The van der Waals surface area contributed by atoms with Crippen molar-refractivity contribution in [3.05, 3.63) is 66.5 Å². The highest BCUT2D eigenvalue weighted by molar-refractivity contribution is 6.09. The van der Waals surface area contributed by atoms with Crippen LogP contribution in [0.5, 0.6) is 0 Å². The van der Waals surface area contributed by atoms with Crippen molar-refractivity contribution in [3.8, 4) is 11.1 Å². The molecule has 32 heavy (non-hydrogen) atoms. The first kappa shape index (κ1) is 20.9. The van der Waals surface area contributed by atoms with Gasteiger partial charge in [0.05, 0.1) is 17.6 Å². The van der Waals surface area contributed by atoms with Crippen LogP contribution in [0.2, 0.25) is 0 Å². The lowest BCUT2D eigenvalue weighted by Crippen LogP contribution is -2.35. The second-order valence-corrected chi connectivity index (χ2v) is 6.99. The van der Waals surface area contributed by atoms with Gasteiger partial charge in [0, 0.05) is 5.56 Å². The fourth-order valence-electron chi connectivity index (χ4n) is 3.41. The lowest BCUT2D eigenvalue weighted by Gasteiger charge is -2.20. The summed E-state index contributed by atoms with van der Waals surface area (Å²) < 4.78 is 14.5. The first-order valence-corrected chi connectivity index (χ1v) is 9.88. The number of imidazole rings is 1. The highest BCUT2D eigenvalue weighted by Gasteiger charge is 2.25. The van der Waals surface area contributed by atoms with Crippen molar-refractivity contribution in [1.82, 2.24) is 19.9 Å². The van der Waals surface area contributed by atoms with E-state index < -0.39 is 23.7 Å². The number of hydrogen-bond donors (Lipinski definition) is 4. The van der Waals surface area contributed by atoms with Gasteiger partial charge in [-0.3, -0.25) is 9.59 Å². The fraction of sp³-hybridized carbons (Fsp3) is 0.136. The number of carbonyl (C=O) groups is 2. The SMILES string of the molecule is CCC(Nc1ncnc2nc[nH]c12)C(=O)Nc1c(-c2ccccc2)ccc(F)c1C(N)=O. The normalized spacial score (nSPS) is 11.8. The van der Waals surface area contributed by atoms with Crippen molar-refractivity contribution >= 4 is 34.5 Å². The van der Waals surface area contributed by atoms with E-state index in [-0.39, 0.29) is 11.3 Å². The first-order chi connectivity index (χ1) is 15.5. The molecule has 1 atom stereocenters. The second kappa shape index (κ2) is 8.80. The number of H-pyrrole nitrogens is 1. The van der Waals surface area contributed by atoms with E-state index in [2.05, 4.69) is 30.6 Å². The Balaban J connectivity index is 1.70. The Morgan fingerprint density at radius 3 is 2.62 bits per heavy atom. The van der Waals surface area contributed by atoms with E-state index in [0.29, 0.717) is 34.5 Å². The zero-order chi connectivity index (χ0) is 22.7. The van der Waals surface area contributed by atoms with E-state index in [0.717, 1.165) is 6.07 Å². The van der Waals surface area contributed by atoms with Crippen molar-refractivity contribution in [2.24, 2.45) is 5.73 Å². The van der Waals surface area contributed by atoms with E-state index in [1.54, 1.807) is 31.2 Å². The molecule has 4 aromatic rings. The molecule has 0 saturated carbocycles. The van der Waals surface area contributed by atoms with Gasteiger partial charge in [-0.25, -0.2) is 19.3 Å². The van der Waals surface area contributed by atoms with Gasteiger partial charge in [0.2, 0.25) is 5.91 Å². The Morgan fingerprint density at radius 1 is 1.12 bits per heavy atom. The number of hydrogen-bond acceptors (Lipinski definition) is 6. The summed E-state index contributed by atoms with van der Waals surface area (Å²) in [5.41, 5.74) is 7.25. The number of aromatic amines is 1. The number of primary amides is 1. The van der Waals surface area contributed by atoms with Crippen molar-refractivity contribution in [3.63, 3.8) is 0 Å². The average Bonchev–Trinajstić information content (AvgIpc) is 3.27. The largest absolute Gasteiger partial charge is 0.365 e. The summed E-state index contributed by atoms with van der Waals surface area (Å²) in [7, 11) is 0. The number of benzene rings is 2. The Labute approximate surface area is 182 Å². The Hall–Kier alpha value is -4.34. The highest BCUT2D eigenvalue weighted by atomic mass is 19.1. The summed E-state index contributed by atoms with van der Waals surface area (Å²) in [4.78, 5) is 40.4. The molecule has 0 aliphatic heterocycles. The van der Waals surface area contributed by atoms with E-state index in [4.69, 9.17) is 5.73 Å². The van der Waals surface area contributed by atoms with Gasteiger partial charge in [0.1, 0.15) is 23.7 Å². The summed E-state index contributed by atoms with van der Waals surface area (Å²) in [6, 6.07) is 10.9. The van der Waals surface area contributed by atoms with Crippen LogP contribution in [0.1, 0.15) is 23.7 Å². The summed E-state index contributed by atoms with van der Waals surface area (Å²) >= 11 is 0. The Bertz CT molecular complexity index is 1290. The van der Waals surface area contributed by atoms with E-state index in [9.17, 15) is 14.0 Å². The van der Waals surface area contributed by atoms with Crippen LogP contribution in [0, 0.1) is 5.82 Å². The summed E-state index contributed by atoms with van der Waals surface area (Å²) in [6.45, 7) is 1.81. The number of nitrogens with one attached hydrogen (secondary N) is 3. The molecule has 0 saturated heterocycles. The minimum absolute atomic E-state index is 0.0170. The van der Waals surface area contributed by atoms with Crippen LogP contribution in [0.3, 0.4) is 0 Å². The first-order valence-electron chi connectivity index (χ1n) is 9.88. The van der Waals surface area contributed by atoms with Crippen molar-refractivity contribution in [2.45, 2.75) is 19.4 Å². The number of amides is 2. The number of nitrogens with two attached hydrogens (primary N) is 1. The maximum Gasteiger partial charge on any atom is 0.253 e. The molecule has 0 fully saturated rings. The zero-order valence-electron chi connectivity index (χ0n) is 17.1. The van der Waals surface area contributed by atoms with Crippen LogP contribution in [0.25, 0.3) is 22.3 Å². The van der Waals surface area contributed by atoms with Crippen molar-refractivity contribution in [1.29, 1.82) is 0 Å². The van der Waals surface area contributed by atoms with Gasteiger partial charge in [-0.2, -0.15) is 0 Å². The molecule has 2 aromatic heterocycles. The number of nitrogens with zero attached hydrogens (tertiary/aromatic N) is 3. The molecule has 2 heterocycles. The molecule has 1 unspecified atom stereocenters. The number of rotatable bonds is 7. The van der Waals surface area contributed by atoms with Gasteiger partial charge in [-0.1, -0.05) is 37.3 Å². The third-order valence-electron chi connectivity index (χ3n) is 4.99. The molecular weight excluding hydrogens is 413 g/mol. The molecule has 162 valence electrons. The minimum atomic E-state index is -0.980. The quantitative estimate of drug-likeness (QED) is 0.353. The van der Waals surface area contributed by atoms with Gasteiger partial charge >= 0.3 is 0 Å². The van der Waals surface area contributed by atoms with E-state index >= 15 is 0 Å². The molecular formula is C22H20FN7O2. The van der Waals surface area contributed by atoms with Crippen LogP contribution in [0.4, 0.5) is 15.9 Å². The maximum atomic E-state index is 14.5. The molecule has 9 nitrogen and oxygen atoms in total. The molecule has 0 bridgehead atoms. The number of halogens is 1. The van der Waals surface area contributed by atoms with Crippen LogP contribution in [-0.2, 0) is 4.79 Å². The lowest BCUT2D eigenvalue weighted by atomic mass is 9.98. The summed E-state index contributed by atoms with van der Waals surface area (Å²) in [5.74, 6) is -1.88. The number of carbonyl (C=O) groups excluding carboxylic acids is 2. The van der Waals surface area contributed by atoms with Crippen LogP contribution in [-0.4, -0.2) is 37.8 Å². The van der Waals surface area contributed by atoms with Gasteiger partial charge in [0.25, 0.3) is 5.91 Å². The number of fused-ring (bicyclic) bond motifs is 1. The van der Waals surface area contributed by atoms with Crippen LogP contribution < -0.4 is 16.4 Å². The number of aromatic nitrogens is 4. The predicted molar refractivity (Wildman–Crippen MR) is 118 cm³/mol. The molecule has 0 radical (unpaired) electrons. The second-order valence-electron chi connectivity index (χ2n) is 6.99. The molecule has 0 aliphatic rings. The predicted octanol–water partition coefficient (Wildman–Crippen LogP) is 3.09. The molecule has 0 spiro atoms. The maximum absolute atomic E-state index is 14.5. The molecule has 5 N–H and O–H groups in total. The van der Waals surface area contributed by atoms with Crippen molar-refractivity contribution < 1.29 is 14.0 Å². The third-order valence-corrected chi connectivity index (χ3v) is 4.99. The monoisotopic (exact) mass is 433 g/mol. The zero-order valence-corrected chi connectivity index (χ0v) is 17.1. The minimum Gasteiger partial charge on any atom is -0.365 e. The molecule has 4 rings (SSSR count). The standard InChI is InChI=1S/C22H20FN7O2/c1-2-15(29-21-18-20(26-10-25-18)27-11-28-21)22(32)30-17-13(12-6-4-3-5-7-12)8-9-14(23)16(17)19(24)31/h3-11,15H,2H2,1H3,(H2,24,31)(H,30,32)(H2,25,26,27,28,29). The van der Waals surface area contributed by atoms with E-state index in [1.165, 1.54) is 18.7 Å². The molecule has 10 heteroatoms. The van der Waals surface area contributed by atoms with Gasteiger partial charge in [0.15, 0.2) is 11.5 Å². The van der Waals surface area contributed by atoms with Crippen LogP contribution in [0.15, 0.2) is 55.1 Å². The topological polar surface area (TPSA) is 139 Å². The molecule has 2 aromatic carbocycles. The van der Waals surface area contributed by atoms with Gasteiger partial charge in [-0.05, 0) is 24.1 Å². The summed E-state index contributed by atoms with van der Waals surface area (Å²) in [6.07, 6.45) is 3.19. The van der Waals surface area contributed by atoms with Crippen LogP contribution >= 0.6 is 0 Å². The fourth-order valence-corrected chi connectivity index (χ4v) is 3.41. The highest BCUT2D eigenvalue weighted by Crippen LogP contribution is 2.33.